The Morgan fingerprint density at radius 1 is 1.12 bits per heavy atom. The lowest BCUT2D eigenvalue weighted by Gasteiger charge is -2.04. The second-order valence-corrected chi connectivity index (χ2v) is 3.90. The average Bonchev–Trinajstić information content (AvgIpc) is 2.29. The number of phenolic OH excluding ortho intramolecular Hbond substituents is 1. The largest absolute Gasteiger partial charge is 0.508 e. The van der Waals surface area contributed by atoms with Crippen LogP contribution < -0.4 is 0 Å². The first kappa shape index (κ1) is 11.4. The molecule has 0 fully saturated rings. The summed E-state index contributed by atoms with van der Waals surface area (Å²) in [6.45, 7) is 0. The van der Waals surface area contributed by atoms with Crippen molar-refractivity contribution in [2.45, 2.75) is 0 Å². The zero-order valence-corrected chi connectivity index (χ0v) is 9.39. The smallest absolute Gasteiger partial charge is 0.277 e. The van der Waals surface area contributed by atoms with Crippen LogP contribution in [0.2, 0.25) is 5.02 Å². The molecule has 2 aromatic rings. The minimum absolute atomic E-state index is 0.0138. The number of hydrogen-bond acceptors (Lipinski definition) is 3. The van der Waals surface area contributed by atoms with Gasteiger partial charge in [-0.15, -0.1) is 0 Å². The average molecular weight is 250 g/mol. The summed E-state index contributed by atoms with van der Waals surface area (Å²) >= 11 is 5.83. The Bertz CT molecular complexity index is 566. The van der Waals surface area contributed by atoms with E-state index >= 15 is 0 Å². The van der Waals surface area contributed by atoms with Crippen LogP contribution in [0.3, 0.4) is 0 Å². The van der Waals surface area contributed by atoms with E-state index in [9.17, 15) is 15.2 Å². The zero-order valence-electron chi connectivity index (χ0n) is 8.63. The molecular weight excluding hydrogens is 242 g/mol. The summed E-state index contributed by atoms with van der Waals surface area (Å²) in [5, 5.41) is 20.5. The van der Waals surface area contributed by atoms with Crippen molar-refractivity contribution >= 4 is 17.3 Å². The predicted molar refractivity (Wildman–Crippen MR) is 65.2 cm³/mol. The van der Waals surface area contributed by atoms with Gasteiger partial charge in [0.05, 0.1) is 10.5 Å². The Morgan fingerprint density at radius 2 is 1.76 bits per heavy atom. The quantitative estimate of drug-likeness (QED) is 0.653. The van der Waals surface area contributed by atoms with E-state index in [1.807, 2.05) is 0 Å². The first-order valence-corrected chi connectivity index (χ1v) is 5.19. The molecule has 5 heteroatoms. The molecule has 2 rings (SSSR count). The topological polar surface area (TPSA) is 63.4 Å². The van der Waals surface area contributed by atoms with E-state index in [1.54, 1.807) is 12.1 Å². The van der Waals surface area contributed by atoms with Crippen molar-refractivity contribution < 1.29 is 10.0 Å². The molecular formula is C12H8ClNO3. The Labute approximate surface area is 102 Å². The molecule has 86 valence electrons. The standard InChI is InChI=1S/C12H8ClNO3/c13-9-3-6-12(14(16)17)11(7-9)8-1-4-10(15)5-2-8/h1-7,15H. The summed E-state index contributed by atoms with van der Waals surface area (Å²) in [5.74, 6) is 0.110. The molecule has 0 aliphatic heterocycles. The third-order valence-corrected chi connectivity index (χ3v) is 2.57. The van der Waals surface area contributed by atoms with E-state index in [4.69, 9.17) is 11.6 Å². The number of phenols is 1. The van der Waals surface area contributed by atoms with E-state index in [1.165, 1.54) is 30.3 Å². The van der Waals surface area contributed by atoms with Gasteiger partial charge in [-0.05, 0) is 29.8 Å². The first-order chi connectivity index (χ1) is 8.08. The van der Waals surface area contributed by atoms with Crippen LogP contribution in [0.15, 0.2) is 42.5 Å². The van der Waals surface area contributed by atoms with Gasteiger partial charge in [0.25, 0.3) is 5.69 Å². The third-order valence-electron chi connectivity index (χ3n) is 2.33. The van der Waals surface area contributed by atoms with E-state index in [-0.39, 0.29) is 11.4 Å². The Morgan fingerprint density at radius 3 is 2.35 bits per heavy atom. The number of nitrogens with zero attached hydrogens (tertiary/aromatic N) is 1. The molecule has 0 aliphatic rings. The summed E-state index contributed by atoms with van der Waals surface area (Å²) in [4.78, 5) is 10.4. The summed E-state index contributed by atoms with van der Waals surface area (Å²) in [5.41, 5.74) is 1.06. The molecule has 0 atom stereocenters. The lowest BCUT2D eigenvalue weighted by Crippen LogP contribution is -1.91. The fourth-order valence-corrected chi connectivity index (χ4v) is 1.71. The highest BCUT2D eigenvalue weighted by Gasteiger charge is 2.15. The van der Waals surface area contributed by atoms with Crippen molar-refractivity contribution in [1.29, 1.82) is 0 Å². The normalized spacial score (nSPS) is 10.2. The number of halogens is 1. The molecule has 0 saturated heterocycles. The van der Waals surface area contributed by atoms with Crippen molar-refractivity contribution in [3.05, 3.63) is 57.6 Å². The van der Waals surface area contributed by atoms with E-state index < -0.39 is 4.92 Å². The molecule has 0 spiro atoms. The van der Waals surface area contributed by atoms with Crippen LogP contribution in [0.1, 0.15) is 0 Å². The molecule has 0 amide bonds. The summed E-state index contributed by atoms with van der Waals surface area (Å²) in [6, 6.07) is 10.5. The van der Waals surface area contributed by atoms with Crippen LogP contribution in [-0.2, 0) is 0 Å². The molecule has 2 aromatic carbocycles. The molecule has 0 aromatic heterocycles. The van der Waals surface area contributed by atoms with Gasteiger partial charge in [-0.2, -0.15) is 0 Å². The Kier molecular flexibility index (Phi) is 2.97. The molecule has 17 heavy (non-hydrogen) atoms. The second-order valence-electron chi connectivity index (χ2n) is 3.47. The number of nitro benzene ring substituents is 1. The second kappa shape index (κ2) is 4.43. The molecule has 0 bridgehead atoms. The Hall–Kier alpha value is -2.07. The Balaban J connectivity index is 2.60. The third kappa shape index (κ3) is 2.37. The van der Waals surface area contributed by atoms with Gasteiger partial charge in [0.15, 0.2) is 0 Å². The van der Waals surface area contributed by atoms with E-state index in [0.29, 0.717) is 16.1 Å². The summed E-state index contributed by atoms with van der Waals surface area (Å²) in [7, 11) is 0. The zero-order chi connectivity index (χ0) is 12.4. The number of hydrogen-bond donors (Lipinski definition) is 1. The van der Waals surface area contributed by atoms with Gasteiger partial charge in [-0.25, -0.2) is 0 Å². The number of benzene rings is 2. The monoisotopic (exact) mass is 249 g/mol. The molecule has 0 unspecified atom stereocenters. The van der Waals surface area contributed by atoms with Crippen LogP contribution in [0.5, 0.6) is 5.75 Å². The van der Waals surface area contributed by atoms with Crippen molar-refractivity contribution in [2.75, 3.05) is 0 Å². The molecule has 0 saturated carbocycles. The minimum atomic E-state index is -0.460. The van der Waals surface area contributed by atoms with Gasteiger partial charge in [-0.3, -0.25) is 10.1 Å². The molecule has 0 radical (unpaired) electrons. The van der Waals surface area contributed by atoms with E-state index in [2.05, 4.69) is 0 Å². The van der Waals surface area contributed by atoms with Gasteiger partial charge < -0.3 is 5.11 Å². The SMILES string of the molecule is O=[N+]([O-])c1ccc(Cl)cc1-c1ccc(O)cc1. The summed E-state index contributed by atoms with van der Waals surface area (Å²) in [6.07, 6.45) is 0. The van der Waals surface area contributed by atoms with Crippen LogP contribution in [0, 0.1) is 10.1 Å². The van der Waals surface area contributed by atoms with Crippen molar-refractivity contribution in [1.82, 2.24) is 0 Å². The van der Waals surface area contributed by atoms with Gasteiger partial charge in [0.2, 0.25) is 0 Å². The predicted octanol–water partition coefficient (Wildman–Crippen LogP) is 3.62. The number of aromatic hydroxyl groups is 1. The van der Waals surface area contributed by atoms with Gasteiger partial charge >= 0.3 is 0 Å². The molecule has 0 aliphatic carbocycles. The minimum Gasteiger partial charge on any atom is -0.508 e. The van der Waals surface area contributed by atoms with Crippen molar-refractivity contribution in [2.24, 2.45) is 0 Å². The van der Waals surface area contributed by atoms with Crippen LogP contribution >= 0.6 is 11.6 Å². The van der Waals surface area contributed by atoms with Crippen LogP contribution in [-0.4, -0.2) is 10.0 Å². The maximum Gasteiger partial charge on any atom is 0.277 e. The summed E-state index contributed by atoms with van der Waals surface area (Å²) < 4.78 is 0. The molecule has 4 nitrogen and oxygen atoms in total. The van der Waals surface area contributed by atoms with Gasteiger partial charge in [0, 0.05) is 11.1 Å². The fraction of sp³-hybridized carbons (Fsp3) is 0. The van der Waals surface area contributed by atoms with Gasteiger partial charge in [0.1, 0.15) is 5.75 Å². The fourth-order valence-electron chi connectivity index (χ4n) is 1.54. The van der Waals surface area contributed by atoms with Crippen LogP contribution in [0.25, 0.3) is 11.1 Å². The highest BCUT2D eigenvalue weighted by Crippen LogP contribution is 2.32. The number of rotatable bonds is 2. The lowest BCUT2D eigenvalue weighted by atomic mass is 10.0. The maximum atomic E-state index is 10.9. The molecule has 1 N–H and O–H groups in total. The first-order valence-electron chi connectivity index (χ1n) is 4.81. The van der Waals surface area contributed by atoms with Gasteiger partial charge in [-0.1, -0.05) is 23.7 Å². The lowest BCUT2D eigenvalue weighted by molar-refractivity contribution is -0.384. The van der Waals surface area contributed by atoms with Crippen molar-refractivity contribution in [3.63, 3.8) is 0 Å². The van der Waals surface area contributed by atoms with Crippen molar-refractivity contribution in [3.8, 4) is 16.9 Å². The highest BCUT2D eigenvalue weighted by atomic mass is 35.5. The highest BCUT2D eigenvalue weighted by molar-refractivity contribution is 6.31. The number of nitro groups is 1. The van der Waals surface area contributed by atoms with E-state index in [0.717, 1.165) is 0 Å². The van der Waals surface area contributed by atoms with Crippen LogP contribution in [0.4, 0.5) is 5.69 Å². The molecule has 0 heterocycles. The maximum absolute atomic E-state index is 10.9.